The Labute approximate surface area is 220 Å². The van der Waals surface area contributed by atoms with Crippen LogP contribution in [0.25, 0.3) is 5.95 Å². The number of ether oxygens (including phenoxy) is 3. The van der Waals surface area contributed by atoms with E-state index < -0.39 is 23.5 Å². The summed E-state index contributed by atoms with van der Waals surface area (Å²) in [6.07, 6.45) is 3.23. The second-order valence-corrected chi connectivity index (χ2v) is 8.46. The van der Waals surface area contributed by atoms with Crippen LogP contribution >= 0.6 is 0 Å². The van der Waals surface area contributed by atoms with Crippen molar-refractivity contribution >= 4 is 17.5 Å². The van der Waals surface area contributed by atoms with Crippen LogP contribution in [0.1, 0.15) is 35.5 Å². The number of hydrogen-bond donors (Lipinski definition) is 4. The summed E-state index contributed by atoms with van der Waals surface area (Å²) >= 11 is 0. The lowest BCUT2D eigenvalue weighted by Crippen LogP contribution is -2.18. The zero-order valence-corrected chi connectivity index (χ0v) is 20.8. The quantitative estimate of drug-likeness (QED) is 0.113. The number of hydrogen-bond acceptors (Lipinski definition) is 10. The van der Waals surface area contributed by atoms with E-state index in [0.717, 1.165) is 4.68 Å². The van der Waals surface area contributed by atoms with Gasteiger partial charge in [-0.25, -0.2) is 19.2 Å². The lowest BCUT2D eigenvalue weighted by atomic mass is 9.99. The molecule has 5 N–H and O–H groups in total. The van der Waals surface area contributed by atoms with E-state index in [-0.39, 0.29) is 34.5 Å². The number of nitrogens with two attached hydrogens (primary N) is 1. The Morgan fingerprint density at radius 1 is 1.28 bits per heavy atom. The highest BCUT2D eigenvalue weighted by Gasteiger charge is 2.31. The molecular formula is C25H23FN8O5. The second kappa shape index (κ2) is 10.2. The van der Waals surface area contributed by atoms with E-state index in [1.807, 2.05) is 0 Å². The SMILES string of the molecule is COc1cc(C(Nc2ccc(C(=N)N)c(OC(C)=O)c2)c2nn(-c3ncccn3)c(=O)[nH]2)c(F)c2c1OCC2. The standard InChI is InChI=1S/C25H23FN8O5/c1-12(35)39-17-10-13(4-5-14(17)22(27)28)31-20(16-11-18(37-2)21-15(19(16)26)6-9-38-21)23-32-25(36)34(33-23)24-29-7-3-8-30-24/h3-5,7-8,10-11,20,31H,6,9H2,1-2H3,(H3,27,28)(H,32,33,36). The summed E-state index contributed by atoms with van der Waals surface area (Å²) in [7, 11) is 1.44. The predicted octanol–water partition coefficient (Wildman–Crippen LogP) is 1.84. The molecule has 0 saturated heterocycles. The summed E-state index contributed by atoms with van der Waals surface area (Å²) in [5, 5.41) is 15.3. The zero-order chi connectivity index (χ0) is 27.7. The molecule has 39 heavy (non-hydrogen) atoms. The third-order valence-electron chi connectivity index (χ3n) is 5.92. The fourth-order valence-electron chi connectivity index (χ4n) is 4.23. The van der Waals surface area contributed by atoms with Crippen molar-refractivity contribution in [1.82, 2.24) is 24.7 Å². The van der Waals surface area contributed by atoms with Crippen molar-refractivity contribution in [3.8, 4) is 23.2 Å². The molecule has 0 spiro atoms. The molecule has 1 atom stereocenters. The highest BCUT2D eigenvalue weighted by atomic mass is 19.1. The minimum atomic E-state index is -1.07. The number of benzene rings is 2. The van der Waals surface area contributed by atoms with Crippen LogP contribution in [-0.2, 0) is 11.2 Å². The van der Waals surface area contributed by atoms with Gasteiger partial charge in [0.25, 0.3) is 5.95 Å². The molecule has 2 aromatic carbocycles. The number of amidine groups is 1. The Kier molecular flexibility index (Phi) is 6.66. The van der Waals surface area contributed by atoms with Gasteiger partial charge in [-0.3, -0.25) is 15.2 Å². The van der Waals surface area contributed by atoms with Crippen LogP contribution in [0.3, 0.4) is 0 Å². The summed E-state index contributed by atoms with van der Waals surface area (Å²) in [6.45, 7) is 1.50. The van der Waals surface area contributed by atoms with Crippen LogP contribution in [0.15, 0.2) is 47.5 Å². The molecule has 4 aromatic rings. The lowest BCUT2D eigenvalue weighted by molar-refractivity contribution is -0.131. The van der Waals surface area contributed by atoms with Crippen molar-refractivity contribution < 1.29 is 23.4 Å². The Hall–Kier alpha value is -5.27. The summed E-state index contributed by atoms with van der Waals surface area (Å²) in [5.74, 6) is -0.780. The van der Waals surface area contributed by atoms with Crippen molar-refractivity contribution in [2.75, 3.05) is 19.0 Å². The van der Waals surface area contributed by atoms with Crippen LogP contribution in [0.2, 0.25) is 0 Å². The van der Waals surface area contributed by atoms with Gasteiger partial charge in [0.1, 0.15) is 23.4 Å². The highest BCUT2D eigenvalue weighted by Crippen LogP contribution is 2.42. The van der Waals surface area contributed by atoms with Crippen LogP contribution in [0.4, 0.5) is 10.1 Å². The van der Waals surface area contributed by atoms with Gasteiger partial charge in [0, 0.05) is 48.6 Å². The number of H-pyrrole nitrogens is 1. The van der Waals surface area contributed by atoms with Crippen molar-refractivity contribution in [3.63, 3.8) is 0 Å². The molecule has 1 unspecified atom stereocenters. The molecule has 0 radical (unpaired) electrons. The van der Waals surface area contributed by atoms with E-state index in [9.17, 15) is 9.59 Å². The number of nitrogens with one attached hydrogen (secondary N) is 3. The fraction of sp³-hybridized carbons (Fsp3) is 0.200. The summed E-state index contributed by atoms with van der Waals surface area (Å²) in [4.78, 5) is 35.2. The van der Waals surface area contributed by atoms with Gasteiger partial charge < -0.3 is 25.3 Å². The molecule has 1 aliphatic rings. The highest BCUT2D eigenvalue weighted by molar-refractivity contribution is 5.98. The molecule has 3 heterocycles. The van der Waals surface area contributed by atoms with E-state index in [2.05, 4.69) is 25.4 Å². The summed E-state index contributed by atoms with van der Waals surface area (Å²) in [5.41, 5.74) is 5.96. The minimum Gasteiger partial charge on any atom is -0.493 e. The van der Waals surface area contributed by atoms with E-state index in [0.29, 0.717) is 35.8 Å². The number of halogens is 1. The number of anilines is 1. The molecule has 5 rings (SSSR count). The third-order valence-corrected chi connectivity index (χ3v) is 5.92. The van der Waals surface area contributed by atoms with Gasteiger partial charge >= 0.3 is 11.7 Å². The van der Waals surface area contributed by atoms with Gasteiger partial charge in [-0.15, -0.1) is 9.78 Å². The van der Waals surface area contributed by atoms with Crippen molar-refractivity contribution in [3.05, 3.63) is 81.5 Å². The topological polar surface area (TPSA) is 183 Å². The van der Waals surface area contributed by atoms with Crippen LogP contribution in [-0.4, -0.2) is 50.3 Å². The Morgan fingerprint density at radius 2 is 2.05 bits per heavy atom. The maximum absolute atomic E-state index is 15.9. The van der Waals surface area contributed by atoms with E-state index in [4.69, 9.17) is 25.4 Å². The van der Waals surface area contributed by atoms with Crippen molar-refractivity contribution in [1.29, 1.82) is 5.41 Å². The first kappa shape index (κ1) is 25.4. The molecule has 1 aliphatic heterocycles. The van der Waals surface area contributed by atoms with Gasteiger partial charge in [-0.1, -0.05) is 0 Å². The molecule has 0 aliphatic carbocycles. The fourth-order valence-corrected chi connectivity index (χ4v) is 4.23. The van der Waals surface area contributed by atoms with Crippen LogP contribution < -0.4 is 31.0 Å². The average Bonchev–Trinajstić information content (AvgIpc) is 3.55. The number of nitrogen functional groups attached to an aromatic ring is 1. The molecule has 0 saturated carbocycles. The first-order valence-corrected chi connectivity index (χ1v) is 11.7. The van der Waals surface area contributed by atoms with Gasteiger partial charge in [0.05, 0.1) is 19.3 Å². The first-order chi connectivity index (χ1) is 18.8. The van der Waals surface area contributed by atoms with Gasteiger partial charge in [-0.2, -0.15) is 0 Å². The van der Waals surface area contributed by atoms with Gasteiger partial charge in [-0.05, 0) is 24.3 Å². The monoisotopic (exact) mass is 534 g/mol. The Bertz CT molecular complexity index is 1640. The lowest BCUT2D eigenvalue weighted by Gasteiger charge is -2.21. The number of esters is 1. The number of nitrogens with zero attached hydrogens (tertiary/aromatic N) is 4. The number of aromatic amines is 1. The van der Waals surface area contributed by atoms with Crippen LogP contribution in [0, 0.1) is 11.2 Å². The Balaban J connectivity index is 1.66. The van der Waals surface area contributed by atoms with E-state index in [1.165, 1.54) is 44.6 Å². The number of carbonyl (C=O) groups is 1. The molecule has 0 bridgehead atoms. The molecular weight excluding hydrogens is 511 g/mol. The first-order valence-electron chi connectivity index (χ1n) is 11.7. The second-order valence-electron chi connectivity index (χ2n) is 8.46. The zero-order valence-electron chi connectivity index (χ0n) is 20.8. The molecule has 13 nitrogen and oxygen atoms in total. The number of methoxy groups -OCH3 is 1. The number of carbonyl (C=O) groups excluding carboxylic acids is 1. The third kappa shape index (κ3) is 4.86. The maximum Gasteiger partial charge on any atom is 0.350 e. The average molecular weight is 535 g/mol. The number of rotatable bonds is 8. The molecule has 0 amide bonds. The van der Waals surface area contributed by atoms with Gasteiger partial charge in [0.15, 0.2) is 17.3 Å². The molecule has 200 valence electrons. The van der Waals surface area contributed by atoms with Crippen LogP contribution in [0.5, 0.6) is 17.2 Å². The van der Waals surface area contributed by atoms with Crippen molar-refractivity contribution in [2.45, 2.75) is 19.4 Å². The van der Waals surface area contributed by atoms with Gasteiger partial charge in [0.2, 0.25) is 0 Å². The predicted molar refractivity (Wildman–Crippen MR) is 136 cm³/mol. The maximum atomic E-state index is 15.9. The largest absolute Gasteiger partial charge is 0.493 e. The summed E-state index contributed by atoms with van der Waals surface area (Å²) in [6, 6.07) is 6.46. The van der Waals surface area contributed by atoms with E-state index in [1.54, 1.807) is 12.1 Å². The molecule has 0 fully saturated rings. The van der Waals surface area contributed by atoms with Crippen molar-refractivity contribution in [2.24, 2.45) is 5.73 Å². The molecule has 2 aromatic heterocycles. The normalized spacial score (nSPS) is 12.8. The van der Waals surface area contributed by atoms with E-state index >= 15 is 4.39 Å². The number of fused-ring (bicyclic) bond motifs is 1. The Morgan fingerprint density at radius 3 is 2.74 bits per heavy atom. The summed E-state index contributed by atoms with van der Waals surface area (Å²) < 4.78 is 33.2. The number of aromatic nitrogens is 5. The minimum absolute atomic E-state index is 0.0205. The molecule has 14 heteroatoms. The smallest absolute Gasteiger partial charge is 0.350 e.